The second-order valence-electron chi connectivity index (χ2n) is 4.42. The van der Waals surface area contributed by atoms with Gasteiger partial charge in [-0.3, -0.25) is 0 Å². The lowest BCUT2D eigenvalue weighted by Crippen LogP contribution is -2.14. The van der Waals surface area contributed by atoms with E-state index >= 15 is 0 Å². The fourth-order valence-electron chi connectivity index (χ4n) is 1.94. The highest BCUT2D eigenvalue weighted by atomic mass is 16.5. The first-order valence-corrected chi connectivity index (χ1v) is 6.19. The zero-order chi connectivity index (χ0) is 12.8. The van der Waals surface area contributed by atoms with Crippen LogP contribution in [0.5, 0.6) is 0 Å². The van der Waals surface area contributed by atoms with Crippen molar-refractivity contribution >= 4 is 5.97 Å². The van der Waals surface area contributed by atoms with Crippen LogP contribution < -0.4 is 0 Å². The van der Waals surface area contributed by atoms with Crippen LogP contribution in [-0.2, 0) is 4.74 Å². The number of H-pyrrole nitrogens is 1. The fourth-order valence-corrected chi connectivity index (χ4v) is 1.94. The van der Waals surface area contributed by atoms with Gasteiger partial charge in [-0.2, -0.15) is 10.3 Å². The van der Waals surface area contributed by atoms with E-state index in [0.29, 0.717) is 18.2 Å². The van der Waals surface area contributed by atoms with Crippen molar-refractivity contribution in [1.29, 1.82) is 0 Å². The monoisotopic (exact) mass is 239 g/mol. The van der Waals surface area contributed by atoms with Gasteiger partial charge in [0.05, 0.1) is 6.61 Å². The van der Waals surface area contributed by atoms with Gasteiger partial charge in [-0.1, -0.05) is 27.2 Å². The molecule has 0 spiro atoms. The zero-order valence-electron chi connectivity index (χ0n) is 11.0. The van der Waals surface area contributed by atoms with Crippen molar-refractivity contribution in [1.82, 2.24) is 15.4 Å². The van der Waals surface area contributed by atoms with Crippen LogP contribution >= 0.6 is 0 Å². The summed E-state index contributed by atoms with van der Waals surface area (Å²) in [6.45, 7) is 8.52. The van der Waals surface area contributed by atoms with E-state index in [-0.39, 0.29) is 5.92 Å². The number of carbonyl (C=O) groups is 1. The van der Waals surface area contributed by atoms with Crippen LogP contribution in [0.1, 0.15) is 62.6 Å². The number of esters is 1. The molecule has 0 aliphatic heterocycles. The molecule has 1 atom stereocenters. The smallest absolute Gasteiger partial charge is 0.360 e. The molecule has 1 aromatic rings. The summed E-state index contributed by atoms with van der Waals surface area (Å²) in [6.07, 6.45) is 2.05. The second kappa shape index (κ2) is 6.37. The first kappa shape index (κ1) is 13.7. The minimum absolute atomic E-state index is 0.248. The van der Waals surface area contributed by atoms with Crippen LogP contribution in [0.25, 0.3) is 0 Å². The van der Waals surface area contributed by atoms with Crippen LogP contribution in [-0.4, -0.2) is 28.0 Å². The molecule has 5 heteroatoms. The predicted molar refractivity (Wildman–Crippen MR) is 64.8 cm³/mol. The van der Waals surface area contributed by atoms with Crippen LogP contribution in [0.15, 0.2) is 0 Å². The number of nitrogens with zero attached hydrogens (tertiary/aromatic N) is 2. The van der Waals surface area contributed by atoms with Crippen molar-refractivity contribution in [2.45, 2.75) is 46.5 Å². The highest BCUT2D eigenvalue weighted by Crippen LogP contribution is 2.29. The third-order valence-corrected chi connectivity index (χ3v) is 2.80. The highest BCUT2D eigenvalue weighted by molar-refractivity contribution is 5.88. The van der Waals surface area contributed by atoms with Crippen molar-refractivity contribution in [2.75, 3.05) is 6.61 Å². The minimum Gasteiger partial charge on any atom is -0.461 e. The van der Waals surface area contributed by atoms with Crippen molar-refractivity contribution in [2.24, 2.45) is 5.92 Å². The summed E-state index contributed by atoms with van der Waals surface area (Å²) in [7, 11) is 0. The lowest BCUT2D eigenvalue weighted by molar-refractivity contribution is 0.0517. The molecule has 0 amide bonds. The number of ether oxygens (including phenoxy) is 1. The van der Waals surface area contributed by atoms with Gasteiger partial charge in [0.2, 0.25) is 0 Å². The second-order valence-corrected chi connectivity index (χ2v) is 4.42. The molecule has 1 rings (SSSR count). The maximum atomic E-state index is 11.7. The van der Waals surface area contributed by atoms with E-state index in [9.17, 15) is 4.79 Å². The Bertz CT molecular complexity index is 360. The molecule has 0 aliphatic carbocycles. The SMILES string of the molecule is CCCC(c1n[nH]nc1C(=O)OCC)C(C)C. The summed E-state index contributed by atoms with van der Waals surface area (Å²) >= 11 is 0. The maximum absolute atomic E-state index is 11.7. The molecular weight excluding hydrogens is 218 g/mol. The molecule has 0 bridgehead atoms. The summed E-state index contributed by atoms with van der Waals surface area (Å²) in [5, 5.41) is 10.6. The standard InChI is InChI=1S/C12H21N3O2/c1-5-7-9(8(3)4)10-11(14-15-13-10)12(16)17-6-2/h8-9H,5-7H2,1-4H3,(H,13,14,15). The third kappa shape index (κ3) is 3.28. The molecule has 0 radical (unpaired) electrons. The predicted octanol–water partition coefficient (Wildman–Crippen LogP) is 2.52. The quantitative estimate of drug-likeness (QED) is 0.774. The Balaban J connectivity index is 2.95. The Labute approximate surface area is 102 Å². The first-order valence-electron chi connectivity index (χ1n) is 6.19. The molecular formula is C12H21N3O2. The zero-order valence-corrected chi connectivity index (χ0v) is 11.0. The Kier molecular flexibility index (Phi) is 5.12. The van der Waals surface area contributed by atoms with E-state index in [1.54, 1.807) is 6.92 Å². The summed E-state index contributed by atoms with van der Waals surface area (Å²) in [5.41, 5.74) is 1.07. The normalized spacial score (nSPS) is 12.8. The molecule has 96 valence electrons. The molecule has 0 saturated carbocycles. The summed E-state index contributed by atoms with van der Waals surface area (Å²) in [4.78, 5) is 11.7. The van der Waals surface area contributed by atoms with Crippen LogP contribution in [0.2, 0.25) is 0 Å². The average molecular weight is 239 g/mol. The largest absolute Gasteiger partial charge is 0.461 e. The Morgan fingerprint density at radius 1 is 1.35 bits per heavy atom. The number of aromatic amines is 1. The van der Waals surface area contributed by atoms with Crippen molar-refractivity contribution in [3.05, 3.63) is 11.4 Å². The van der Waals surface area contributed by atoms with Gasteiger partial charge < -0.3 is 4.74 Å². The van der Waals surface area contributed by atoms with Gasteiger partial charge in [-0.05, 0) is 19.3 Å². The molecule has 0 aliphatic rings. The number of aromatic nitrogens is 3. The molecule has 1 N–H and O–H groups in total. The van der Waals surface area contributed by atoms with E-state index in [2.05, 4.69) is 36.2 Å². The Morgan fingerprint density at radius 2 is 2.06 bits per heavy atom. The van der Waals surface area contributed by atoms with Gasteiger partial charge in [0.25, 0.3) is 0 Å². The van der Waals surface area contributed by atoms with E-state index < -0.39 is 5.97 Å². The lowest BCUT2D eigenvalue weighted by atomic mass is 9.87. The van der Waals surface area contributed by atoms with Crippen LogP contribution in [0, 0.1) is 5.92 Å². The molecule has 0 saturated heterocycles. The number of carbonyl (C=O) groups excluding carboxylic acids is 1. The van der Waals surface area contributed by atoms with Gasteiger partial charge in [-0.25, -0.2) is 4.79 Å². The van der Waals surface area contributed by atoms with Crippen LogP contribution in [0.3, 0.4) is 0 Å². The number of hydrogen-bond acceptors (Lipinski definition) is 4. The van der Waals surface area contributed by atoms with Gasteiger partial charge in [0.15, 0.2) is 5.69 Å². The summed E-state index contributed by atoms with van der Waals surface area (Å²) < 4.78 is 4.97. The van der Waals surface area contributed by atoms with Gasteiger partial charge in [0, 0.05) is 5.92 Å². The molecule has 0 fully saturated rings. The van der Waals surface area contributed by atoms with Gasteiger partial charge in [-0.15, -0.1) is 5.10 Å². The van der Waals surface area contributed by atoms with Crippen molar-refractivity contribution < 1.29 is 9.53 Å². The molecule has 5 nitrogen and oxygen atoms in total. The Morgan fingerprint density at radius 3 is 2.59 bits per heavy atom. The van der Waals surface area contributed by atoms with E-state index in [1.165, 1.54) is 0 Å². The average Bonchev–Trinajstić information content (AvgIpc) is 2.74. The molecule has 0 aromatic carbocycles. The topological polar surface area (TPSA) is 67.9 Å². The number of rotatable bonds is 6. The first-order chi connectivity index (χ1) is 8.11. The van der Waals surface area contributed by atoms with Crippen molar-refractivity contribution in [3.8, 4) is 0 Å². The molecule has 17 heavy (non-hydrogen) atoms. The summed E-state index contributed by atoms with van der Waals surface area (Å²) in [5.74, 6) is 0.282. The molecule has 1 unspecified atom stereocenters. The number of hydrogen-bond donors (Lipinski definition) is 1. The number of nitrogens with one attached hydrogen (secondary N) is 1. The highest BCUT2D eigenvalue weighted by Gasteiger charge is 2.26. The van der Waals surface area contributed by atoms with Crippen molar-refractivity contribution in [3.63, 3.8) is 0 Å². The lowest BCUT2D eigenvalue weighted by Gasteiger charge is -2.18. The van der Waals surface area contributed by atoms with Crippen LogP contribution in [0.4, 0.5) is 0 Å². The van der Waals surface area contributed by atoms with E-state index in [1.807, 2.05) is 0 Å². The maximum Gasteiger partial charge on any atom is 0.360 e. The molecule has 1 heterocycles. The minimum atomic E-state index is -0.391. The van der Waals surface area contributed by atoms with Gasteiger partial charge in [0.1, 0.15) is 5.69 Å². The third-order valence-electron chi connectivity index (χ3n) is 2.80. The summed E-state index contributed by atoms with van der Waals surface area (Å²) in [6, 6.07) is 0. The fraction of sp³-hybridized carbons (Fsp3) is 0.750. The van der Waals surface area contributed by atoms with Gasteiger partial charge >= 0.3 is 5.97 Å². The molecule has 1 aromatic heterocycles. The Hall–Kier alpha value is -1.39. The van der Waals surface area contributed by atoms with E-state index in [0.717, 1.165) is 18.5 Å². The van der Waals surface area contributed by atoms with E-state index in [4.69, 9.17) is 4.74 Å².